The molecule has 6 nitrogen and oxygen atoms in total. The largest absolute Gasteiger partial charge is 0.494 e. The van der Waals surface area contributed by atoms with Crippen LogP contribution in [0, 0.1) is 5.82 Å². The number of nitrogens with zero attached hydrogens (tertiary/aromatic N) is 1. The Morgan fingerprint density at radius 2 is 2.10 bits per heavy atom. The zero-order chi connectivity index (χ0) is 15.9. The molecule has 21 heavy (non-hydrogen) atoms. The molecule has 0 radical (unpaired) electrons. The van der Waals surface area contributed by atoms with Crippen molar-refractivity contribution in [2.24, 2.45) is 0 Å². The van der Waals surface area contributed by atoms with Crippen molar-refractivity contribution in [3.8, 4) is 5.75 Å². The molecule has 0 heterocycles. The van der Waals surface area contributed by atoms with Gasteiger partial charge in [0.05, 0.1) is 12.8 Å². The number of benzene rings is 1. The highest BCUT2D eigenvalue weighted by Crippen LogP contribution is 2.21. The van der Waals surface area contributed by atoms with Crippen LogP contribution in [-0.2, 0) is 10.2 Å². The van der Waals surface area contributed by atoms with E-state index in [1.165, 1.54) is 30.6 Å². The van der Waals surface area contributed by atoms with E-state index in [1.807, 2.05) is 6.92 Å². The van der Waals surface area contributed by atoms with Gasteiger partial charge in [0.1, 0.15) is 0 Å². The number of hydrogen-bond acceptors (Lipinski definition) is 4. The normalized spacial score (nSPS) is 11.7. The smallest absolute Gasteiger partial charge is 0.301 e. The lowest BCUT2D eigenvalue weighted by molar-refractivity contribution is 0.386. The summed E-state index contributed by atoms with van der Waals surface area (Å²) in [5, 5.41) is 3.12. The average molecular weight is 319 g/mol. The Balaban J connectivity index is 2.64. The molecule has 1 aromatic rings. The van der Waals surface area contributed by atoms with Crippen LogP contribution in [0.25, 0.3) is 0 Å². The van der Waals surface area contributed by atoms with Crippen molar-refractivity contribution in [2.45, 2.75) is 13.3 Å². The molecule has 0 fully saturated rings. The predicted octanol–water partition coefficient (Wildman–Crippen LogP) is 1.42. The van der Waals surface area contributed by atoms with Crippen LogP contribution in [0.3, 0.4) is 0 Å². The molecule has 0 amide bonds. The summed E-state index contributed by atoms with van der Waals surface area (Å²) < 4.78 is 46.0. The minimum Gasteiger partial charge on any atom is -0.494 e. The van der Waals surface area contributed by atoms with Gasteiger partial charge in [-0.05, 0) is 31.6 Å². The molecule has 0 atom stereocenters. The molecule has 0 unspecified atom stereocenters. The molecule has 0 aromatic heterocycles. The topological polar surface area (TPSA) is 70.7 Å². The van der Waals surface area contributed by atoms with E-state index in [9.17, 15) is 12.8 Å². The van der Waals surface area contributed by atoms with Gasteiger partial charge in [0.25, 0.3) is 0 Å². The first-order chi connectivity index (χ1) is 9.90. The first kappa shape index (κ1) is 17.7. The van der Waals surface area contributed by atoms with E-state index in [-0.39, 0.29) is 11.4 Å². The molecule has 0 aliphatic carbocycles. The van der Waals surface area contributed by atoms with Crippen molar-refractivity contribution in [1.82, 2.24) is 9.62 Å². The Kier molecular flexibility index (Phi) is 6.86. The van der Waals surface area contributed by atoms with Crippen LogP contribution in [0.1, 0.15) is 13.3 Å². The molecule has 8 heteroatoms. The maximum atomic E-state index is 13.5. The lowest BCUT2D eigenvalue weighted by Crippen LogP contribution is -2.34. The van der Waals surface area contributed by atoms with Crippen LogP contribution < -0.4 is 14.8 Å². The highest BCUT2D eigenvalue weighted by atomic mass is 32.2. The van der Waals surface area contributed by atoms with Crippen LogP contribution in [0.2, 0.25) is 0 Å². The SMILES string of the molecule is CCNCCCN(C)S(=O)(=O)Nc1ccc(OC)c(F)c1. The number of hydrogen-bond donors (Lipinski definition) is 2. The lowest BCUT2D eigenvalue weighted by Gasteiger charge is -2.18. The van der Waals surface area contributed by atoms with Crippen molar-refractivity contribution < 1.29 is 17.5 Å². The van der Waals surface area contributed by atoms with Gasteiger partial charge in [-0.25, -0.2) is 4.39 Å². The van der Waals surface area contributed by atoms with Crippen LogP contribution in [0.15, 0.2) is 18.2 Å². The second kappa shape index (κ2) is 8.16. The molecule has 0 aliphatic heterocycles. The van der Waals surface area contributed by atoms with Crippen LogP contribution in [0.4, 0.5) is 10.1 Å². The predicted molar refractivity (Wildman–Crippen MR) is 81.3 cm³/mol. The molecule has 1 aromatic carbocycles. The second-order valence-electron chi connectivity index (χ2n) is 4.49. The van der Waals surface area contributed by atoms with E-state index in [0.29, 0.717) is 13.0 Å². The number of anilines is 1. The Morgan fingerprint density at radius 1 is 1.38 bits per heavy atom. The van der Waals surface area contributed by atoms with Gasteiger partial charge in [0, 0.05) is 19.7 Å². The Bertz CT molecular complexity index is 552. The van der Waals surface area contributed by atoms with Gasteiger partial charge >= 0.3 is 10.2 Å². The summed E-state index contributed by atoms with van der Waals surface area (Å²) in [5.41, 5.74) is 0.159. The highest BCUT2D eigenvalue weighted by Gasteiger charge is 2.17. The van der Waals surface area contributed by atoms with E-state index >= 15 is 0 Å². The van der Waals surface area contributed by atoms with Crippen molar-refractivity contribution in [2.75, 3.05) is 38.5 Å². The Hall–Kier alpha value is -1.38. The Labute approximate surface area is 125 Å². The van der Waals surface area contributed by atoms with Gasteiger partial charge in [0.15, 0.2) is 11.6 Å². The summed E-state index contributed by atoms with van der Waals surface area (Å²) >= 11 is 0. The molecule has 2 N–H and O–H groups in total. The van der Waals surface area contributed by atoms with Crippen molar-refractivity contribution in [3.63, 3.8) is 0 Å². The standard InChI is InChI=1S/C13H22FN3O3S/c1-4-15-8-5-9-17(2)21(18,19)16-11-6-7-13(20-3)12(14)10-11/h6-7,10,15-16H,4-5,8-9H2,1-3H3. The minimum absolute atomic E-state index is 0.0666. The molecule has 0 saturated carbocycles. The van der Waals surface area contributed by atoms with Crippen molar-refractivity contribution in [3.05, 3.63) is 24.0 Å². The molecule has 0 bridgehead atoms. The fourth-order valence-electron chi connectivity index (χ4n) is 1.68. The summed E-state index contributed by atoms with van der Waals surface area (Å²) in [4.78, 5) is 0. The quantitative estimate of drug-likeness (QED) is 0.676. The summed E-state index contributed by atoms with van der Waals surface area (Å²) in [6.07, 6.45) is 0.697. The fourth-order valence-corrected chi connectivity index (χ4v) is 2.63. The molecule has 0 spiro atoms. The third-order valence-electron chi connectivity index (χ3n) is 2.89. The first-order valence-electron chi connectivity index (χ1n) is 6.69. The first-order valence-corrected chi connectivity index (χ1v) is 8.13. The zero-order valence-corrected chi connectivity index (χ0v) is 13.3. The molecule has 0 saturated heterocycles. The zero-order valence-electron chi connectivity index (χ0n) is 12.5. The highest BCUT2D eigenvalue weighted by molar-refractivity contribution is 7.90. The summed E-state index contributed by atoms with van der Waals surface area (Å²) in [5.74, 6) is -0.551. The van der Waals surface area contributed by atoms with E-state index in [4.69, 9.17) is 4.74 Å². The molecular weight excluding hydrogens is 297 g/mol. The van der Waals surface area contributed by atoms with E-state index in [2.05, 4.69) is 10.0 Å². The van der Waals surface area contributed by atoms with E-state index in [1.54, 1.807) is 0 Å². The molecular formula is C13H22FN3O3S. The van der Waals surface area contributed by atoms with Crippen molar-refractivity contribution >= 4 is 15.9 Å². The molecule has 120 valence electrons. The van der Waals surface area contributed by atoms with E-state index < -0.39 is 16.0 Å². The number of methoxy groups -OCH3 is 1. The number of rotatable bonds is 9. The third-order valence-corrected chi connectivity index (χ3v) is 4.38. The number of nitrogens with one attached hydrogen (secondary N) is 2. The van der Waals surface area contributed by atoms with Crippen LogP contribution >= 0.6 is 0 Å². The van der Waals surface area contributed by atoms with Gasteiger partial charge in [-0.1, -0.05) is 6.92 Å². The van der Waals surface area contributed by atoms with E-state index in [0.717, 1.165) is 19.2 Å². The molecule has 0 aliphatic rings. The van der Waals surface area contributed by atoms with Gasteiger partial charge in [-0.2, -0.15) is 12.7 Å². The van der Waals surface area contributed by atoms with Gasteiger partial charge < -0.3 is 10.1 Å². The Morgan fingerprint density at radius 3 is 2.67 bits per heavy atom. The molecule has 1 rings (SSSR count). The monoisotopic (exact) mass is 319 g/mol. The van der Waals surface area contributed by atoms with Gasteiger partial charge in [-0.15, -0.1) is 0 Å². The summed E-state index contributed by atoms with van der Waals surface area (Å²) in [6.45, 7) is 3.95. The van der Waals surface area contributed by atoms with Crippen LogP contribution in [-0.4, -0.2) is 46.5 Å². The summed E-state index contributed by atoms with van der Waals surface area (Å²) in [6, 6.07) is 3.91. The average Bonchev–Trinajstić information content (AvgIpc) is 2.43. The lowest BCUT2D eigenvalue weighted by atomic mass is 10.3. The van der Waals surface area contributed by atoms with Crippen molar-refractivity contribution in [1.29, 1.82) is 0 Å². The number of ether oxygens (including phenoxy) is 1. The summed E-state index contributed by atoms with van der Waals surface area (Å²) in [7, 11) is -0.861. The number of halogens is 1. The third kappa shape index (κ3) is 5.49. The van der Waals surface area contributed by atoms with Gasteiger partial charge in [0.2, 0.25) is 0 Å². The van der Waals surface area contributed by atoms with Gasteiger partial charge in [-0.3, -0.25) is 4.72 Å². The maximum Gasteiger partial charge on any atom is 0.301 e. The van der Waals surface area contributed by atoms with Crippen LogP contribution in [0.5, 0.6) is 5.75 Å². The maximum absolute atomic E-state index is 13.5. The fraction of sp³-hybridized carbons (Fsp3) is 0.538. The minimum atomic E-state index is -3.69. The second-order valence-corrected chi connectivity index (χ2v) is 6.26.